The van der Waals surface area contributed by atoms with Crippen molar-refractivity contribution in [3.63, 3.8) is 0 Å². The molecular weight excluding hydrogens is 271 g/mol. The molecule has 2 nitrogen and oxygen atoms in total. The van der Waals surface area contributed by atoms with Crippen molar-refractivity contribution in [2.45, 2.75) is 38.0 Å². The molecule has 0 aliphatic heterocycles. The molecule has 1 aliphatic rings. The Bertz CT molecular complexity index is 465. The molecule has 1 aromatic rings. The molecule has 0 atom stereocenters. The molecule has 18 heavy (non-hydrogen) atoms. The minimum absolute atomic E-state index is 0.458. The Morgan fingerprint density at radius 2 is 2.11 bits per heavy atom. The standard InChI is InChI=1S/C14H16Cl2O2/c1-2-3-9-7-14(8-9,13(17)18)11-5-4-10(15)6-12(11)16/h4-6,9H,2-3,7-8H2,1H3,(H,17,18). The van der Waals surface area contributed by atoms with Gasteiger partial charge in [-0.05, 0) is 36.5 Å². The zero-order valence-corrected chi connectivity index (χ0v) is 11.8. The van der Waals surface area contributed by atoms with Crippen molar-refractivity contribution >= 4 is 29.2 Å². The fourth-order valence-electron chi connectivity index (χ4n) is 2.93. The lowest BCUT2D eigenvalue weighted by molar-refractivity contribution is -0.150. The maximum atomic E-state index is 11.6. The molecule has 0 saturated heterocycles. The van der Waals surface area contributed by atoms with E-state index in [0.717, 1.165) is 12.8 Å². The van der Waals surface area contributed by atoms with Crippen molar-refractivity contribution in [1.29, 1.82) is 0 Å². The summed E-state index contributed by atoms with van der Waals surface area (Å²) in [6.45, 7) is 2.12. The number of hydrogen-bond acceptors (Lipinski definition) is 1. The van der Waals surface area contributed by atoms with E-state index in [9.17, 15) is 9.90 Å². The minimum atomic E-state index is -0.804. The maximum absolute atomic E-state index is 11.6. The Morgan fingerprint density at radius 3 is 2.61 bits per heavy atom. The fraction of sp³-hybridized carbons (Fsp3) is 0.500. The van der Waals surface area contributed by atoms with Crippen LogP contribution in [0.5, 0.6) is 0 Å². The summed E-state index contributed by atoms with van der Waals surface area (Å²) >= 11 is 12.0. The van der Waals surface area contributed by atoms with E-state index in [4.69, 9.17) is 23.2 Å². The zero-order valence-electron chi connectivity index (χ0n) is 10.2. The number of benzene rings is 1. The number of halogens is 2. The Hall–Kier alpha value is -0.730. The third kappa shape index (κ3) is 2.24. The molecule has 0 amide bonds. The molecule has 1 saturated carbocycles. The molecular formula is C14H16Cl2O2. The molecule has 0 heterocycles. The van der Waals surface area contributed by atoms with Crippen molar-refractivity contribution in [3.05, 3.63) is 33.8 Å². The van der Waals surface area contributed by atoms with Gasteiger partial charge < -0.3 is 5.11 Å². The lowest BCUT2D eigenvalue weighted by Gasteiger charge is -2.45. The van der Waals surface area contributed by atoms with E-state index in [1.807, 2.05) is 0 Å². The molecule has 0 radical (unpaired) electrons. The quantitative estimate of drug-likeness (QED) is 0.883. The number of carboxylic acids is 1. The summed E-state index contributed by atoms with van der Waals surface area (Å²) in [5, 5.41) is 10.5. The van der Waals surface area contributed by atoms with Crippen LogP contribution in [0, 0.1) is 5.92 Å². The van der Waals surface area contributed by atoms with Crippen LogP contribution in [0.4, 0.5) is 0 Å². The highest BCUT2D eigenvalue weighted by Crippen LogP contribution is 2.51. The van der Waals surface area contributed by atoms with Gasteiger partial charge in [0.05, 0.1) is 5.41 Å². The van der Waals surface area contributed by atoms with Crippen LogP contribution in [0.1, 0.15) is 38.2 Å². The number of carbonyl (C=O) groups is 1. The molecule has 2 rings (SSSR count). The normalized spacial score (nSPS) is 26.7. The van der Waals surface area contributed by atoms with Crippen molar-refractivity contribution < 1.29 is 9.90 Å². The molecule has 0 bridgehead atoms. The third-order valence-corrected chi connectivity index (χ3v) is 4.38. The van der Waals surface area contributed by atoms with Crippen LogP contribution >= 0.6 is 23.2 Å². The second-order valence-corrected chi connectivity index (χ2v) is 5.92. The van der Waals surface area contributed by atoms with Gasteiger partial charge in [0, 0.05) is 10.0 Å². The van der Waals surface area contributed by atoms with Gasteiger partial charge in [0.25, 0.3) is 0 Å². The van der Waals surface area contributed by atoms with Crippen molar-refractivity contribution in [2.24, 2.45) is 5.92 Å². The van der Waals surface area contributed by atoms with Gasteiger partial charge in [-0.1, -0.05) is 49.0 Å². The van der Waals surface area contributed by atoms with Gasteiger partial charge in [0.15, 0.2) is 0 Å². The summed E-state index contributed by atoms with van der Waals surface area (Å²) in [5.41, 5.74) is -0.102. The molecule has 1 fully saturated rings. The molecule has 4 heteroatoms. The van der Waals surface area contributed by atoms with Gasteiger partial charge in [-0.3, -0.25) is 4.79 Å². The highest BCUT2D eigenvalue weighted by atomic mass is 35.5. The first-order valence-corrected chi connectivity index (χ1v) is 6.94. The highest BCUT2D eigenvalue weighted by Gasteiger charge is 2.52. The first-order valence-electron chi connectivity index (χ1n) is 6.18. The summed E-state index contributed by atoms with van der Waals surface area (Å²) in [4.78, 5) is 11.6. The summed E-state index contributed by atoms with van der Waals surface area (Å²) in [6, 6.07) is 5.08. The summed E-state index contributed by atoms with van der Waals surface area (Å²) < 4.78 is 0. The molecule has 0 spiro atoms. The van der Waals surface area contributed by atoms with E-state index in [2.05, 4.69) is 6.92 Å². The van der Waals surface area contributed by atoms with E-state index in [-0.39, 0.29) is 0 Å². The summed E-state index contributed by atoms with van der Waals surface area (Å²) in [7, 11) is 0. The predicted molar refractivity (Wildman–Crippen MR) is 73.4 cm³/mol. The van der Waals surface area contributed by atoms with Crippen LogP contribution in [0.3, 0.4) is 0 Å². The van der Waals surface area contributed by atoms with Crippen molar-refractivity contribution in [1.82, 2.24) is 0 Å². The van der Waals surface area contributed by atoms with E-state index in [1.54, 1.807) is 18.2 Å². The zero-order chi connectivity index (χ0) is 13.3. The van der Waals surface area contributed by atoms with Crippen LogP contribution in [-0.2, 0) is 10.2 Å². The van der Waals surface area contributed by atoms with Crippen LogP contribution in [0.15, 0.2) is 18.2 Å². The molecule has 1 N–H and O–H groups in total. The summed E-state index contributed by atoms with van der Waals surface area (Å²) in [6.07, 6.45) is 3.53. The van der Waals surface area contributed by atoms with Gasteiger partial charge in [-0.25, -0.2) is 0 Å². The van der Waals surface area contributed by atoms with Crippen LogP contribution in [0.2, 0.25) is 10.0 Å². The minimum Gasteiger partial charge on any atom is -0.481 e. The van der Waals surface area contributed by atoms with E-state index in [0.29, 0.717) is 34.4 Å². The monoisotopic (exact) mass is 286 g/mol. The Balaban J connectivity index is 2.30. The number of aliphatic carboxylic acids is 1. The van der Waals surface area contributed by atoms with Crippen LogP contribution in [-0.4, -0.2) is 11.1 Å². The van der Waals surface area contributed by atoms with Gasteiger partial charge in [-0.2, -0.15) is 0 Å². The van der Waals surface area contributed by atoms with Crippen LogP contribution < -0.4 is 0 Å². The fourth-order valence-corrected chi connectivity index (χ4v) is 3.51. The van der Waals surface area contributed by atoms with Crippen LogP contribution in [0.25, 0.3) is 0 Å². The molecule has 1 aliphatic carbocycles. The molecule has 0 aromatic heterocycles. The van der Waals surface area contributed by atoms with Gasteiger partial charge in [0.2, 0.25) is 0 Å². The molecule has 0 unspecified atom stereocenters. The highest BCUT2D eigenvalue weighted by molar-refractivity contribution is 6.35. The van der Waals surface area contributed by atoms with Crippen molar-refractivity contribution in [3.8, 4) is 0 Å². The second-order valence-electron chi connectivity index (χ2n) is 5.07. The third-order valence-electron chi connectivity index (χ3n) is 3.83. The average molecular weight is 287 g/mol. The van der Waals surface area contributed by atoms with Gasteiger partial charge in [0.1, 0.15) is 0 Å². The molecule has 1 aromatic carbocycles. The lowest BCUT2D eigenvalue weighted by Crippen LogP contribution is -2.48. The topological polar surface area (TPSA) is 37.3 Å². The Morgan fingerprint density at radius 1 is 1.44 bits per heavy atom. The average Bonchev–Trinajstić information content (AvgIpc) is 2.23. The number of hydrogen-bond donors (Lipinski definition) is 1. The van der Waals surface area contributed by atoms with E-state index in [1.165, 1.54) is 0 Å². The van der Waals surface area contributed by atoms with Gasteiger partial charge in [-0.15, -0.1) is 0 Å². The largest absolute Gasteiger partial charge is 0.481 e. The SMILES string of the molecule is CCCC1CC(C(=O)O)(c2ccc(Cl)cc2Cl)C1. The van der Waals surface area contributed by atoms with Gasteiger partial charge >= 0.3 is 5.97 Å². The van der Waals surface area contributed by atoms with E-state index >= 15 is 0 Å². The second kappa shape index (κ2) is 5.10. The molecule has 98 valence electrons. The summed E-state index contributed by atoms with van der Waals surface area (Å²) in [5.74, 6) is -0.281. The Labute approximate surface area is 117 Å². The smallest absolute Gasteiger partial charge is 0.314 e. The maximum Gasteiger partial charge on any atom is 0.314 e. The lowest BCUT2D eigenvalue weighted by atomic mass is 9.57. The predicted octanol–water partition coefficient (Wildman–Crippen LogP) is 4.53. The first-order chi connectivity index (χ1) is 8.49. The Kier molecular flexibility index (Phi) is 3.88. The first kappa shape index (κ1) is 13.7. The van der Waals surface area contributed by atoms with Crippen molar-refractivity contribution in [2.75, 3.05) is 0 Å². The number of carboxylic acid groups (broad SMARTS) is 1. The number of rotatable bonds is 4. The van der Waals surface area contributed by atoms with E-state index < -0.39 is 11.4 Å².